The number of hydrogen-bond donors (Lipinski definition) is 1. The summed E-state index contributed by atoms with van der Waals surface area (Å²) in [7, 11) is -3.16. The van der Waals surface area contributed by atoms with E-state index in [2.05, 4.69) is 13.8 Å². The molecule has 1 aromatic carbocycles. The molecule has 1 fully saturated rings. The molecule has 0 bridgehead atoms. The Hall–Kier alpha value is -1.07. The van der Waals surface area contributed by atoms with Crippen LogP contribution in [0.4, 0.5) is 0 Å². The Balaban J connectivity index is 2.06. The topological polar surface area (TPSA) is 63.6 Å². The smallest absolute Gasteiger partial charge is 0.156 e. The number of sulfone groups is 1. The normalized spacial score (nSPS) is 26.4. The minimum absolute atomic E-state index is 0.111. The van der Waals surface area contributed by atoms with Crippen LogP contribution in [0.3, 0.4) is 0 Å². The summed E-state index contributed by atoms with van der Waals surface area (Å²) in [6.45, 7) is 4.20. The molecule has 0 aromatic heterocycles. The second kappa shape index (κ2) is 4.90. The van der Waals surface area contributed by atoms with Crippen molar-refractivity contribution < 1.29 is 18.3 Å². The summed E-state index contributed by atoms with van der Waals surface area (Å²) in [5.41, 5.74) is 1.20. The number of aliphatic hydroxyl groups excluding tert-OH is 1. The van der Waals surface area contributed by atoms with Gasteiger partial charge in [0.2, 0.25) is 0 Å². The minimum atomic E-state index is -3.16. The predicted molar refractivity (Wildman–Crippen MR) is 69.6 cm³/mol. The zero-order chi connectivity index (χ0) is 13.3. The molecule has 1 aliphatic heterocycles. The molecule has 0 amide bonds. The molecule has 18 heavy (non-hydrogen) atoms. The molecule has 1 aliphatic rings. The third kappa shape index (κ3) is 3.03. The van der Waals surface area contributed by atoms with Crippen LogP contribution in [0.2, 0.25) is 0 Å². The zero-order valence-electron chi connectivity index (χ0n) is 10.5. The van der Waals surface area contributed by atoms with E-state index in [0.29, 0.717) is 11.7 Å². The fourth-order valence-electron chi connectivity index (χ4n) is 2.02. The van der Waals surface area contributed by atoms with E-state index in [9.17, 15) is 13.5 Å². The van der Waals surface area contributed by atoms with Crippen molar-refractivity contribution in [3.63, 3.8) is 0 Å². The van der Waals surface area contributed by atoms with Crippen molar-refractivity contribution in [1.29, 1.82) is 0 Å². The van der Waals surface area contributed by atoms with Crippen LogP contribution >= 0.6 is 0 Å². The van der Waals surface area contributed by atoms with E-state index in [1.54, 1.807) is 0 Å². The number of hydrogen-bond acceptors (Lipinski definition) is 4. The Morgan fingerprint density at radius 2 is 1.83 bits per heavy atom. The number of benzene rings is 1. The lowest BCUT2D eigenvalue weighted by atomic mass is 10.0. The van der Waals surface area contributed by atoms with E-state index in [-0.39, 0.29) is 11.5 Å². The van der Waals surface area contributed by atoms with Crippen molar-refractivity contribution in [2.24, 2.45) is 0 Å². The van der Waals surface area contributed by atoms with Crippen molar-refractivity contribution in [3.05, 3.63) is 29.8 Å². The Bertz CT molecular complexity index is 504. The quantitative estimate of drug-likeness (QED) is 0.900. The Morgan fingerprint density at radius 1 is 1.22 bits per heavy atom. The van der Waals surface area contributed by atoms with Gasteiger partial charge < -0.3 is 9.84 Å². The van der Waals surface area contributed by atoms with Gasteiger partial charge in [-0.15, -0.1) is 0 Å². The molecule has 2 atom stereocenters. The Morgan fingerprint density at radius 3 is 2.28 bits per heavy atom. The molecule has 1 saturated heterocycles. The van der Waals surface area contributed by atoms with Gasteiger partial charge in [-0.2, -0.15) is 0 Å². The van der Waals surface area contributed by atoms with E-state index >= 15 is 0 Å². The maximum absolute atomic E-state index is 11.3. The summed E-state index contributed by atoms with van der Waals surface area (Å²) in [5, 5.41) is 9.62. The van der Waals surface area contributed by atoms with E-state index in [1.165, 1.54) is 5.56 Å². The molecule has 1 heterocycles. The maximum atomic E-state index is 11.3. The summed E-state index contributed by atoms with van der Waals surface area (Å²) >= 11 is 0. The highest BCUT2D eigenvalue weighted by molar-refractivity contribution is 7.91. The molecule has 5 heteroatoms. The fraction of sp³-hybridized carbons (Fsp3) is 0.538. The molecule has 100 valence electrons. The first-order chi connectivity index (χ1) is 8.37. The molecule has 0 spiro atoms. The van der Waals surface area contributed by atoms with Gasteiger partial charge in [-0.05, 0) is 23.6 Å². The van der Waals surface area contributed by atoms with Gasteiger partial charge in [-0.3, -0.25) is 0 Å². The molecular weight excluding hydrogens is 252 g/mol. The molecule has 2 unspecified atom stereocenters. The van der Waals surface area contributed by atoms with Crippen LogP contribution in [0.15, 0.2) is 24.3 Å². The molecular formula is C13H18O4S. The van der Waals surface area contributed by atoms with Gasteiger partial charge in [-0.25, -0.2) is 8.42 Å². The second-order valence-electron chi connectivity index (χ2n) is 5.02. The third-order valence-electron chi connectivity index (χ3n) is 3.11. The molecule has 0 saturated carbocycles. The van der Waals surface area contributed by atoms with Gasteiger partial charge in [-0.1, -0.05) is 26.0 Å². The summed E-state index contributed by atoms with van der Waals surface area (Å²) in [4.78, 5) is 0. The first-order valence-electron chi connectivity index (χ1n) is 6.02. The van der Waals surface area contributed by atoms with E-state index < -0.39 is 22.0 Å². The summed E-state index contributed by atoms with van der Waals surface area (Å²) in [6.07, 6.45) is -1.58. The lowest BCUT2D eigenvalue weighted by molar-refractivity contribution is 0.0738. The van der Waals surface area contributed by atoms with Crippen molar-refractivity contribution >= 4 is 9.84 Å². The monoisotopic (exact) mass is 270 g/mol. The molecule has 4 nitrogen and oxygen atoms in total. The highest BCUT2D eigenvalue weighted by atomic mass is 32.2. The van der Waals surface area contributed by atoms with Crippen LogP contribution in [0.5, 0.6) is 5.75 Å². The highest BCUT2D eigenvalue weighted by Crippen LogP contribution is 2.22. The van der Waals surface area contributed by atoms with Crippen molar-refractivity contribution in [1.82, 2.24) is 0 Å². The van der Waals surface area contributed by atoms with E-state index in [0.717, 1.165) is 0 Å². The molecule has 1 aromatic rings. The predicted octanol–water partition coefficient (Wildman–Crippen LogP) is 1.35. The average molecular weight is 270 g/mol. The first kappa shape index (κ1) is 13.4. The van der Waals surface area contributed by atoms with Crippen LogP contribution in [0, 0.1) is 0 Å². The highest BCUT2D eigenvalue weighted by Gasteiger charge is 2.38. The van der Waals surface area contributed by atoms with Crippen molar-refractivity contribution in [3.8, 4) is 5.75 Å². The number of rotatable bonds is 3. The second-order valence-corrected chi connectivity index (χ2v) is 7.18. The molecule has 2 rings (SSSR count). The van der Waals surface area contributed by atoms with Crippen LogP contribution in [0.25, 0.3) is 0 Å². The lowest BCUT2D eigenvalue weighted by Crippen LogP contribution is -2.29. The van der Waals surface area contributed by atoms with Gasteiger partial charge in [0.25, 0.3) is 0 Å². The maximum Gasteiger partial charge on any atom is 0.156 e. The van der Waals surface area contributed by atoms with Crippen LogP contribution in [-0.2, 0) is 9.84 Å². The van der Waals surface area contributed by atoms with Gasteiger partial charge in [0, 0.05) is 0 Å². The van der Waals surface area contributed by atoms with Gasteiger partial charge in [0.15, 0.2) is 9.84 Å². The summed E-state index contributed by atoms with van der Waals surface area (Å²) in [6, 6.07) is 7.53. The van der Waals surface area contributed by atoms with Crippen molar-refractivity contribution in [2.45, 2.75) is 32.0 Å². The molecule has 0 aliphatic carbocycles. The van der Waals surface area contributed by atoms with Gasteiger partial charge >= 0.3 is 0 Å². The third-order valence-corrected chi connectivity index (χ3v) is 4.79. The number of aliphatic hydroxyl groups is 1. The standard InChI is InChI=1S/C13H18O4S/c1-9(2)10-3-5-11(6-4-10)17-13-8-18(15,16)7-12(13)14/h3-6,9,12-14H,7-8H2,1-2H3. The first-order valence-corrected chi connectivity index (χ1v) is 7.84. The average Bonchev–Trinajstić information content (AvgIpc) is 2.52. The molecule has 1 N–H and O–H groups in total. The largest absolute Gasteiger partial charge is 0.487 e. The van der Waals surface area contributed by atoms with Gasteiger partial charge in [0.1, 0.15) is 18.0 Å². The van der Waals surface area contributed by atoms with Crippen LogP contribution in [-0.4, -0.2) is 37.2 Å². The summed E-state index contributed by atoms with van der Waals surface area (Å²) < 4.78 is 28.2. The minimum Gasteiger partial charge on any atom is -0.487 e. The summed E-state index contributed by atoms with van der Waals surface area (Å²) in [5.74, 6) is 0.721. The Kier molecular flexibility index (Phi) is 3.64. The van der Waals surface area contributed by atoms with Crippen molar-refractivity contribution in [2.75, 3.05) is 11.5 Å². The number of ether oxygens (including phenoxy) is 1. The zero-order valence-corrected chi connectivity index (χ0v) is 11.4. The van der Waals surface area contributed by atoms with Crippen LogP contribution in [0.1, 0.15) is 25.3 Å². The van der Waals surface area contributed by atoms with E-state index in [4.69, 9.17) is 4.74 Å². The Labute approximate surface area is 108 Å². The SMILES string of the molecule is CC(C)c1ccc(OC2CS(=O)(=O)CC2O)cc1. The fourth-order valence-corrected chi connectivity index (χ4v) is 3.68. The lowest BCUT2D eigenvalue weighted by Gasteiger charge is -2.16. The van der Waals surface area contributed by atoms with Gasteiger partial charge in [0.05, 0.1) is 11.5 Å². The molecule has 0 radical (unpaired) electrons. The van der Waals surface area contributed by atoms with Crippen LogP contribution < -0.4 is 4.74 Å². The van der Waals surface area contributed by atoms with E-state index in [1.807, 2.05) is 24.3 Å².